The fourth-order valence-electron chi connectivity index (χ4n) is 1.01. The van der Waals surface area contributed by atoms with Crippen LogP contribution in [0.1, 0.15) is 19.4 Å². The second-order valence-corrected chi connectivity index (χ2v) is 5.18. The Hall–Kier alpha value is 0.0934. The van der Waals surface area contributed by atoms with Gasteiger partial charge in [0.25, 0.3) is 0 Å². The SMILES string of the molecule is CC(C)Oc1c(Cl)cccc1[C](Cl)=[Ru+]. The molecular weight excluding hydrogens is 308 g/mol. The topological polar surface area (TPSA) is 9.23 Å². The van der Waals surface area contributed by atoms with Crippen molar-refractivity contribution in [2.45, 2.75) is 20.0 Å². The van der Waals surface area contributed by atoms with Crippen molar-refractivity contribution in [2.75, 3.05) is 0 Å². The molecule has 4 heteroatoms. The zero-order chi connectivity index (χ0) is 10.7. The number of hydrogen-bond donors (Lipinski definition) is 0. The first-order chi connectivity index (χ1) is 6.52. The summed E-state index contributed by atoms with van der Waals surface area (Å²) in [6.45, 7) is 3.90. The normalized spacial score (nSPS) is 10.4. The van der Waals surface area contributed by atoms with Gasteiger partial charge in [-0.3, -0.25) is 0 Å². The van der Waals surface area contributed by atoms with Gasteiger partial charge in [0, 0.05) is 0 Å². The van der Waals surface area contributed by atoms with Crippen LogP contribution in [-0.4, -0.2) is 9.67 Å². The fourth-order valence-corrected chi connectivity index (χ4v) is 1.72. The Balaban J connectivity index is 3.15. The molecular formula is C10H10Cl2ORu+. The average Bonchev–Trinajstić information content (AvgIpc) is 2.07. The summed E-state index contributed by atoms with van der Waals surface area (Å²) in [5.41, 5.74) is 0.823. The van der Waals surface area contributed by atoms with E-state index >= 15 is 0 Å². The van der Waals surface area contributed by atoms with E-state index in [0.29, 0.717) is 14.3 Å². The average molecular weight is 318 g/mol. The number of rotatable bonds is 3. The number of hydrogen-bond acceptors (Lipinski definition) is 1. The quantitative estimate of drug-likeness (QED) is 0.776. The van der Waals surface area contributed by atoms with Crippen molar-refractivity contribution in [3.63, 3.8) is 0 Å². The molecule has 1 aromatic rings. The number of para-hydroxylation sites is 1. The molecule has 1 rings (SSSR count). The Morgan fingerprint density at radius 3 is 2.57 bits per heavy atom. The van der Waals surface area contributed by atoms with Crippen LogP contribution in [0.4, 0.5) is 0 Å². The van der Waals surface area contributed by atoms with Crippen LogP contribution in [0.5, 0.6) is 5.75 Å². The monoisotopic (exact) mass is 318 g/mol. The summed E-state index contributed by atoms with van der Waals surface area (Å²) in [5, 5.41) is 0.583. The molecule has 0 amide bonds. The van der Waals surface area contributed by atoms with Crippen LogP contribution in [0.25, 0.3) is 0 Å². The maximum atomic E-state index is 6.01. The summed E-state index contributed by atoms with van der Waals surface area (Å²) in [5.74, 6) is 0.646. The van der Waals surface area contributed by atoms with Crippen LogP contribution in [0.15, 0.2) is 18.2 Å². The molecule has 0 saturated heterocycles. The summed E-state index contributed by atoms with van der Waals surface area (Å²) >= 11 is 14.3. The van der Waals surface area contributed by atoms with Crippen molar-refractivity contribution in [3.8, 4) is 5.75 Å². The van der Waals surface area contributed by atoms with E-state index in [2.05, 4.69) is 17.9 Å². The molecule has 0 atom stereocenters. The van der Waals surface area contributed by atoms with E-state index in [9.17, 15) is 0 Å². The molecule has 0 radical (unpaired) electrons. The molecule has 1 aromatic carbocycles. The summed E-state index contributed by atoms with van der Waals surface area (Å²) in [4.78, 5) is 0. The molecule has 0 aromatic heterocycles. The van der Waals surface area contributed by atoms with Crippen LogP contribution < -0.4 is 4.74 Å². The van der Waals surface area contributed by atoms with Crippen LogP contribution in [0.3, 0.4) is 0 Å². The third-order valence-corrected chi connectivity index (χ3v) is 2.49. The predicted molar refractivity (Wildman–Crippen MR) is 57.2 cm³/mol. The maximum absolute atomic E-state index is 6.01. The van der Waals surface area contributed by atoms with Gasteiger partial charge in [-0.1, -0.05) is 0 Å². The van der Waals surface area contributed by atoms with E-state index in [4.69, 9.17) is 27.9 Å². The number of ether oxygens (including phenoxy) is 1. The van der Waals surface area contributed by atoms with Crippen molar-refractivity contribution in [1.82, 2.24) is 0 Å². The Bertz CT molecular complexity index is 350. The van der Waals surface area contributed by atoms with E-state index in [-0.39, 0.29) is 6.10 Å². The summed E-state index contributed by atoms with van der Waals surface area (Å²) in [6.07, 6.45) is 0.0799. The zero-order valence-electron chi connectivity index (χ0n) is 7.83. The van der Waals surface area contributed by atoms with Gasteiger partial charge in [0.15, 0.2) is 0 Å². The van der Waals surface area contributed by atoms with Gasteiger partial charge in [-0.2, -0.15) is 0 Å². The van der Waals surface area contributed by atoms with Gasteiger partial charge in [-0.25, -0.2) is 0 Å². The predicted octanol–water partition coefficient (Wildman–Crippen LogP) is 3.39. The summed E-state index contributed by atoms with van der Waals surface area (Å²) < 4.78 is 6.20. The molecule has 0 fully saturated rings. The molecule has 0 unspecified atom stereocenters. The first kappa shape index (κ1) is 12.2. The van der Waals surface area contributed by atoms with Crippen LogP contribution in [-0.2, 0) is 17.9 Å². The van der Waals surface area contributed by atoms with Gasteiger partial charge in [0.05, 0.1) is 0 Å². The van der Waals surface area contributed by atoms with Gasteiger partial charge in [-0.15, -0.1) is 0 Å². The summed E-state index contributed by atoms with van der Waals surface area (Å²) in [7, 11) is 0. The van der Waals surface area contributed by atoms with Gasteiger partial charge < -0.3 is 0 Å². The van der Waals surface area contributed by atoms with Crippen molar-refractivity contribution in [3.05, 3.63) is 28.8 Å². The molecule has 0 N–H and O–H groups in total. The fraction of sp³-hybridized carbons (Fsp3) is 0.300. The zero-order valence-corrected chi connectivity index (χ0v) is 11.1. The van der Waals surface area contributed by atoms with E-state index in [1.54, 1.807) is 6.07 Å². The standard InChI is InChI=1S/C10H10Cl2O.Ru/c1-7(2)13-10-8(6-11)4-3-5-9(10)12;/h3-5,7H,1-2H3;/q;+1. The second-order valence-electron chi connectivity index (χ2n) is 3.03. The summed E-state index contributed by atoms with van der Waals surface area (Å²) in [6, 6.07) is 5.51. The molecule has 0 spiro atoms. The molecule has 77 valence electrons. The molecule has 0 saturated carbocycles. The third-order valence-electron chi connectivity index (χ3n) is 1.52. The third kappa shape index (κ3) is 3.05. The molecule has 0 heterocycles. The van der Waals surface area contributed by atoms with Crippen molar-refractivity contribution >= 4 is 26.8 Å². The number of halogens is 2. The Morgan fingerprint density at radius 1 is 1.43 bits per heavy atom. The second kappa shape index (κ2) is 5.25. The number of benzene rings is 1. The molecule has 0 bridgehead atoms. The van der Waals surface area contributed by atoms with E-state index < -0.39 is 0 Å². The van der Waals surface area contributed by atoms with Crippen LogP contribution in [0, 0.1) is 0 Å². The van der Waals surface area contributed by atoms with Crippen LogP contribution >= 0.6 is 23.2 Å². The minimum atomic E-state index is 0.0799. The Kier molecular flexibility index (Phi) is 4.56. The first-order valence-electron chi connectivity index (χ1n) is 4.14. The minimum absolute atomic E-state index is 0.0799. The van der Waals surface area contributed by atoms with E-state index in [1.165, 1.54) is 0 Å². The van der Waals surface area contributed by atoms with Gasteiger partial charge in [0.1, 0.15) is 0 Å². The molecule has 1 nitrogen and oxygen atoms in total. The van der Waals surface area contributed by atoms with E-state index in [1.807, 2.05) is 26.0 Å². The Labute approximate surface area is 104 Å². The van der Waals surface area contributed by atoms with Crippen molar-refractivity contribution in [1.29, 1.82) is 0 Å². The van der Waals surface area contributed by atoms with Crippen molar-refractivity contribution < 1.29 is 22.6 Å². The van der Waals surface area contributed by atoms with Crippen LogP contribution in [0.2, 0.25) is 5.02 Å². The molecule has 0 aliphatic heterocycles. The Morgan fingerprint density at radius 2 is 2.07 bits per heavy atom. The van der Waals surface area contributed by atoms with E-state index in [0.717, 1.165) is 5.56 Å². The molecule has 0 aliphatic carbocycles. The first-order valence-corrected chi connectivity index (χ1v) is 5.77. The van der Waals surface area contributed by atoms with Gasteiger partial charge in [-0.05, 0) is 0 Å². The molecule has 14 heavy (non-hydrogen) atoms. The van der Waals surface area contributed by atoms with Gasteiger partial charge >= 0.3 is 104 Å². The molecule has 0 aliphatic rings. The van der Waals surface area contributed by atoms with Crippen molar-refractivity contribution in [2.24, 2.45) is 0 Å². The van der Waals surface area contributed by atoms with Gasteiger partial charge in [0.2, 0.25) is 0 Å².